The predicted octanol–water partition coefficient (Wildman–Crippen LogP) is 0.779. The molecule has 1 unspecified atom stereocenters. The number of carbonyl (C=O) groups is 1. The largest absolute Gasteiger partial charge is 0.356 e. The third-order valence-corrected chi connectivity index (χ3v) is 3.34. The molecule has 17 heavy (non-hydrogen) atoms. The van der Waals surface area contributed by atoms with Gasteiger partial charge in [-0.1, -0.05) is 0 Å². The van der Waals surface area contributed by atoms with Gasteiger partial charge in [-0.15, -0.1) is 24.8 Å². The maximum absolute atomic E-state index is 11.2. The zero-order chi connectivity index (χ0) is 10.7. The van der Waals surface area contributed by atoms with Gasteiger partial charge in [0.15, 0.2) is 0 Å². The van der Waals surface area contributed by atoms with Crippen molar-refractivity contribution in [2.45, 2.75) is 31.7 Å². The lowest BCUT2D eigenvalue weighted by Gasteiger charge is -2.15. The predicted molar refractivity (Wildman–Crippen MR) is 73.9 cm³/mol. The van der Waals surface area contributed by atoms with Crippen molar-refractivity contribution < 1.29 is 4.79 Å². The van der Waals surface area contributed by atoms with E-state index in [0.29, 0.717) is 18.9 Å². The van der Waals surface area contributed by atoms with E-state index in [1.54, 1.807) is 0 Å². The van der Waals surface area contributed by atoms with E-state index in [1.807, 2.05) is 0 Å². The molecule has 1 aliphatic heterocycles. The molecular weight excluding hydrogens is 261 g/mol. The summed E-state index contributed by atoms with van der Waals surface area (Å²) < 4.78 is 0. The van der Waals surface area contributed by atoms with Gasteiger partial charge in [-0.2, -0.15) is 0 Å². The standard InChI is InChI=1S/C11H21N3O.2ClH/c12-5-3-11(15)13-7-9-4-6-14(8-9)10-1-2-10;;/h9-10H,1-8,12H2,(H,13,15);2*1H. The van der Waals surface area contributed by atoms with Crippen molar-refractivity contribution in [1.82, 2.24) is 10.2 Å². The molecule has 1 saturated carbocycles. The zero-order valence-electron chi connectivity index (χ0n) is 10.1. The van der Waals surface area contributed by atoms with E-state index in [9.17, 15) is 4.79 Å². The molecule has 0 bridgehead atoms. The summed E-state index contributed by atoms with van der Waals surface area (Å²) in [4.78, 5) is 13.8. The molecule has 1 aliphatic carbocycles. The van der Waals surface area contributed by atoms with Crippen molar-refractivity contribution in [3.63, 3.8) is 0 Å². The number of amides is 1. The molecule has 2 aliphatic rings. The second-order valence-corrected chi connectivity index (χ2v) is 4.72. The highest BCUT2D eigenvalue weighted by Crippen LogP contribution is 2.31. The molecule has 1 saturated heterocycles. The van der Waals surface area contributed by atoms with E-state index >= 15 is 0 Å². The monoisotopic (exact) mass is 283 g/mol. The van der Waals surface area contributed by atoms with Crippen molar-refractivity contribution in [3.8, 4) is 0 Å². The molecule has 1 atom stereocenters. The van der Waals surface area contributed by atoms with Gasteiger partial charge in [-0.05, 0) is 31.7 Å². The topological polar surface area (TPSA) is 58.4 Å². The molecular formula is C11H23Cl2N3O. The van der Waals surface area contributed by atoms with Crippen LogP contribution in [0.2, 0.25) is 0 Å². The highest BCUT2D eigenvalue weighted by Gasteiger charge is 2.34. The molecule has 0 aromatic carbocycles. The third kappa shape index (κ3) is 5.42. The molecule has 4 nitrogen and oxygen atoms in total. The number of halogens is 2. The molecule has 0 spiro atoms. The summed E-state index contributed by atoms with van der Waals surface area (Å²) in [7, 11) is 0. The summed E-state index contributed by atoms with van der Waals surface area (Å²) in [6, 6.07) is 0.870. The summed E-state index contributed by atoms with van der Waals surface area (Å²) in [6.07, 6.45) is 4.46. The van der Waals surface area contributed by atoms with Gasteiger partial charge in [0.05, 0.1) is 0 Å². The van der Waals surface area contributed by atoms with Crippen LogP contribution in [0, 0.1) is 5.92 Å². The van der Waals surface area contributed by atoms with Crippen LogP contribution in [-0.2, 0) is 4.79 Å². The van der Waals surface area contributed by atoms with Gasteiger partial charge in [-0.3, -0.25) is 4.79 Å². The average Bonchev–Trinajstić information content (AvgIpc) is 2.96. The summed E-state index contributed by atoms with van der Waals surface area (Å²) >= 11 is 0. The number of carbonyl (C=O) groups excluding carboxylic acids is 1. The van der Waals surface area contributed by atoms with Gasteiger partial charge < -0.3 is 16.0 Å². The Morgan fingerprint density at radius 1 is 1.29 bits per heavy atom. The van der Waals surface area contributed by atoms with Crippen molar-refractivity contribution >= 4 is 30.7 Å². The quantitative estimate of drug-likeness (QED) is 0.784. The number of nitrogens with zero attached hydrogens (tertiary/aromatic N) is 1. The number of nitrogens with one attached hydrogen (secondary N) is 1. The molecule has 0 radical (unpaired) electrons. The smallest absolute Gasteiger partial charge is 0.221 e. The van der Waals surface area contributed by atoms with Crippen LogP contribution >= 0.6 is 24.8 Å². The fourth-order valence-corrected chi connectivity index (χ4v) is 2.28. The Kier molecular flexibility index (Phi) is 8.12. The number of hydrogen-bond acceptors (Lipinski definition) is 3. The first-order chi connectivity index (χ1) is 7.29. The zero-order valence-corrected chi connectivity index (χ0v) is 11.7. The first kappa shape index (κ1) is 17.0. The van der Waals surface area contributed by atoms with Crippen LogP contribution in [0.1, 0.15) is 25.7 Å². The number of rotatable bonds is 5. The fourth-order valence-electron chi connectivity index (χ4n) is 2.28. The molecule has 0 aromatic heterocycles. The molecule has 1 amide bonds. The van der Waals surface area contributed by atoms with Gasteiger partial charge in [-0.25, -0.2) is 0 Å². The van der Waals surface area contributed by atoms with E-state index in [0.717, 1.165) is 12.6 Å². The molecule has 0 aromatic rings. The maximum Gasteiger partial charge on any atom is 0.221 e. The number of nitrogens with two attached hydrogens (primary N) is 1. The Bertz CT molecular complexity index is 237. The second-order valence-electron chi connectivity index (χ2n) is 4.72. The van der Waals surface area contributed by atoms with Gasteiger partial charge >= 0.3 is 0 Å². The first-order valence-corrected chi connectivity index (χ1v) is 6.00. The first-order valence-electron chi connectivity index (χ1n) is 6.00. The van der Waals surface area contributed by atoms with Crippen LogP contribution in [0.25, 0.3) is 0 Å². The molecule has 102 valence electrons. The lowest BCUT2D eigenvalue weighted by molar-refractivity contribution is -0.121. The Morgan fingerprint density at radius 3 is 2.59 bits per heavy atom. The van der Waals surface area contributed by atoms with Crippen LogP contribution in [0.4, 0.5) is 0 Å². The van der Waals surface area contributed by atoms with Crippen LogP contribution in [0.3, 0.4) is 0 Å². The van der Waals surface area contributed by atoms with Crippen LogP contribution in [0.15, 0.2) is 0 Å². The van der Waals surface area contributed by atoms with E-state index < -0.39 is 0 Å². The molecule has 2 fully saturated rings. The fraction of sp³-hybridized carbons (Fsp3) is 0.909. The minimum atomic E-state index is 0. The Morgan fingerprint density at radius 2 is 2.00 bits per heavy atom. The van der Waals surface area contributed by atoms with E-state index in [4.69, 9.17) is 5.73 Å². The van der Waals surface area contributed by atoms with Crippen molar-refractivity contribution in [3.05, 3.63) is 0 Å². The average molecular weight is 284 g/mol. The summed E-state index contributed by atoms with van der Waals surface area (Å²) in [5.74, 6) is 0.759. The third-order valence-electron chi connectivity index (χ3n) is 3.34. The van der Waals surface area contributed by atoms with Crippen LogP contribution < -0.4 is 11.1 Å². The van der Waals surface area contributed by atoms with E-state index in [-0.39, 0.29) is 30.7 Å². The Labute approximate surface area is 115 Å². The van der Waals surface area contributed by atoms with Crippen LogP contribution in [0.5, 0.6) is 0 Å². The Hall–Kier alpha value is -0.0300. The lowest BCUT2D eigenvalue weighted by atomic mass is 10.1. The van der Waals surface area contributed by atoms with Gasteiger partial charge in [0.1, 0.15) is 0 Å². The summed E-state index contributed by atoms with van der Waals surface area (Å²) in [5.41, 5.74) is 5.31. The maximum atomic E-state index is 11.2. The van der Waals surface area contributed by atoms with Crippen molar-refractivity contribution in [2.75, 3.05) is 26.2 Å². The van der Waals surface area contributed by atoms with Crippen LogP contribution in [-0.4, -0.2) is 43.0 Å². The summed E-state index contributed by atoms with van der Waals surface area (Å²) in [6.45, 7) is 3.68. The lowest BCUT2D eigenvalue weighted by Crippen LogP contribution is -2.32. The number of likely N-dealkylation sites (tertiary alicyclic amines) is 1. The minimum Gasteiger partial charge on any atom is -0.356 e. The van der Waals surface area contributed by atoms with Crippen molar-refractivity contribution in [2.24, 2.45) is 11.7 Å². The molecule has 2 rings (SSSR count). The molecule has 1 heterocycles. The number of hydrogen-bond donors (Lipinski definition) is 2. The molecule has 6 heteroatoms. The Balaban J connectivity index is 0.00000128. The summed E-state index contributed by atoms with van der Waals surface area (Å²) in [5, 5.41) is 2.96. The highest BCUT2D eigenvalue weighted by molar-refractivity contribution is 5.85. The SMILES string of the molecule is Cl.Cl.NCCC(=O)NCC1CCN(C2CC2)C1. The second kappa shape index (κ2) is 8.14. The van der Waals surface area contributed by atoms with E-state index in [2.05, 4.69) is 10.2 Å². The highest BCUT2D eigenvalue weighted by atomic mass is 35.5. The normalized spacial score (nSPS) is 23.7. The van der Waals surface area contributed by atoms with Gasteiger partial charge in [0.2, 0.25) is 5.91 Å². The van der Waals surface area contributed by atoms with Crippen molar-refractivity contribution in [1.29, 1.82) is 0 Å². The minimum absolute atomic E-state index is 0. The van der Waals surface area contributed by atoms with Gasteiger partial charge in [0, 0.05) is 32.1 Å². The van der Waals surface area contributed by atoms with E-state index in [1.165, 1.54) is 32.4 Å². The van der Waals surface area contributed by atoms with Gasteiger partial charge in [0.25, 0.3) is 0 Å². The molecule has 3 N–H and O–H groups in total.